The minimum Gasteiger partial charge on any atom is -0.452 e. The van der Waals surface area contributed by atoms with E-state index in [0.29, 0.717) is 5.52 Å². The zero-order valence-electron chi connectivity index (χ0n) is 9.78. The first-order chi connectivity index (χ1) is 8.49. The van der Waals surface area contributed by atoms with Gasteiger partial charge in [-0.3, -0.25) is 8.75 Å². The summed E-state index contributed by atoms with van der Waals surface area (Å²) in [5.74, 6) is 0. The number of rotatable bonds is 2. The van der Waals surface area contributed by atoms with E-state index in [1.165, 1.54) is 30.0 Å². The second-order valence-electron chi connectivity index (χ2n) is 3.50. The van der Waals surface area contributed by atoms with Gasteiger partial charge < -0.3 is 4.74 Å². The predicted octanol–water partition coefficient (Wildman–Crippen LogP) is 1.59. The van der Waals surface area contributed by atoms with Gasteiger partial charge in [0.25, 0.3) is 10.1 Å². The van der Waals surface area contributed by atoms with Gasteiger partial charge in [-0.05, 0) is 18.2 Å². The summed E-state index contributed by atoms with van der Waals surface area (Å²) in [6, 6.07) is 6.07. The van der Waals surface area contributed by atoms with Gasteiger partial charge in [0.2, 0.25) is 0 Å². The van der Waals surface area contributed by atoms with E-state index in [0.717, 1.165) is 12.5 Å². The molecule has 1 heterocycles. The van der Waals surface area contributed by atoms with Crippen LogP contribution >= 0.6 is 0 Å². The van der Waals surface area contributed by atoms with Crippen LogP contribution in [0.4, 0.5) is 4.79 Å². The van der Waals surface area contributed by atoms with E-state index in [2.05, 4.69) is 8.92 Å². The molecular formula is C11H11NO5S. The Balaban J connectivity index is 2.67. The summed E-state index contributed by atoms with van der Waals surface area (Å²) in [5.41, 5.74) is 0.444. The minimum atomic E-state index is -3.78. The molecule has 1 aromatic carbocycles. The molecule has 2 rings (SSSR count). The monoisotopic (exact) mass is 269 g/mol. The highest BCUT2D eigenvalue weighted by Crippen LogP contribution is 2.21. The summed E-state index contributed by atoms with van der Waals surface area (Å²) in [7, 11) is -1.45. The van der Waals surface area contributed by atoms with Crippen LogP contribution < -0.4 is 0 Å². The van der Waals surface area contributed by atoms with Crippen molar-refractivity contribution in [2.45, 2.75) is 4.90 Å². The molecule has 0 aliphatic carbocycles. The minimum absolute atomic E-state index is 0.0126. The number of methoxy groups -OCH3 is 1. The Morgan fingerprint density at radius 2 is 1.94 bits per heavy atom. The summed E-state index contributed by atoms with van der Waals surface area (Å²) in [5, 5.41) is 0.732. The lowest BCUT2D eigenvalue weighted by atomic mass is 10.2. The number of nitrogens with zero attached hydrogens (tertiary/aromatic N) is 1. The van der Waals surface area contributed by atoms with E-state index in [-0.39, 0.29) is 4.90 Å². The molecule has 0 aliphatic heterocycles. The average molecular weight is 269 g/mol. The Morgan fingerprint density at radius 3 is 2.56 bits per heavy atom. The summed E-state index contributed by atoms with van der Waals surface area (Å²) < 4.78 is 33.4. The van der Waals surface area contributed by atoms with E-state index in [4.69, 9.17) is 0 Å². The highest BCUT2D eigenvalue weighted by atomic mass is 32.2. The maximum atomic E-state index is 11.6. The molecule has 0 fully saturated rings. The van der Waals surface area contributed by atoms with Gasteiger partial charge in [0, 0.05) is 11.6 Å². The second kappa shape index (κ2) is 4.43. The summed E-state index contributed by atoms with van der Waals surface area (Å²) in [6.07, 6.45) is 0.927. The molecule has 0 spiro atoms. The summed E-state index contributed by atoms with van der Waals surface area (Å²) in [4.78, 5) is 11.5. The van der Waals surface area contributed by atoms with Crippen LogP contribution in [0.25, 0.3) is 10.9 Å². The van der Waals surface area contributed by atoms with Gasteiger partial charge in [0.1, 0.15) is 0 Å². The molecule has 18 heavy (non-hydrogen) atoms. The second-order valence-corrected chi connectivity index (χ2v) is 5.21. The van der Waals surface area contributed by atoms with Crippen molar-refractivity contribution in [3.8, 4) is 0 Å². The lowest BCUT2D eigenvalue weighted by molar-refractivity contribution is 0.174. The predicted molar refractivity (Wildman–Crippen MR) is 63.9 cm³/mol. The smallest absolute Gasteiger partial charge is 0.418 e. The molecule has 0 saturated carbocycles. The highest BCUT2D eigenvalue weighted by Gasteiger charge is 2.16. The number of ether oxygens (including phenoxy) is 1. The molecule has 0 bridgehead atoms. The van der Waals surface area contributed by atoms with Crippen molar-refractivity contribution in [2.24, 2.45) is 0 Å². The zero-order valence-corrected chi connectivity index (χ0v) is 10.6. The molecule has 0 aliphatic rings. The third kappa shape index (κ3) is 1.98. The molecule has 0 amide bonds. The van der Waals surface area contributed by atoms with Crippen molar-refractivity contribution in [1.82, 2.24) is 4.57 Å². The van der Waals surface area contributed by atoms with E-state index >= 15 is 0 Å². The van der Waals surface area contributed by atoms with Crippen molar-refractivity contribution < 1.29 is 22.1 Å². The molecule has 0 unspecified atom stereocenters. The number of hydrogen-bond donors (Lipinski definition) is 0. The van der Waals surface area contributed by atoms with Crippen LogP contribution in [0.1, 0.15) is 0 Å². The van der Waals surface area contributed by atoms with Crippen LogP contribution in [0, 0.1) is 0 Å². The lowest BCUT2D eigenvalue weighted by Gasteiger charge is -2.04. The lowest BCUT2D eigenvalue weighted by Crippen LogP contribution is -2.10. The molecule has 6 nitrogen and oxygen atoms in total. The highest BCUT2D eigenvalue weighted by molar-refractivity contribution is 7.86. The quantitative estimate of drug-likeness (QED) is 0.774. The molecule has 0 saturated heterocycles. The van der Waals surface area contributed by atoms with Crippen LogP contribution in [0.5, 0.6) is 0 Å². The first kappa shape index (κ1) is 12.6. The third-order valence-electron chi connectivity index (χ3n) is 2.54. The summed E-state index contributed by atoms with van der Waals surface area (Å²) in [6.45, 7) is 0. The maximum Gasteiger partial charge on any atom is 0.418 e. The van der Waals surface area contributed by atoms with Gasteiger partial charge in [-0.2, -0.15) is 8.42 Å². The molecule has 7 heteroatoms. The molecule has 96 valence electrons. The Hall–Kier alpha value is -1.86. The molecule has 1 aromatic heterocycles. The number of carbonyl (C=O) groups is 1. The zero-order chi connectivity index (χ0) is 13.3. The Morgan fingerprint density at radius 1 is 1.22 bits per heavy atom. The molecule has 0 atom stereocenters. The number of aromatic nitrogens is 1. The third-order valence-corrected chi connectivity index (χ3v) is 3.81. The van der Waals surface area contributed by atoms with E-state index in [1.807, 2.05) is 0 Å². The van der Waals surface area contributed by atoms with Crippen LogP contribution in [0.3, 0.4) is 0 Å². The number of hydrogen-bond acceptors (Lipinski definition) is 5. The molecule has 0 radical (unpaired) electrons. The average Bonchev–Trinajstić information content (AvgIpc) is 2.80. The van der Waals surface area contributed by atoms with Gasteiger partial charge in [0.15, 0.2) is 0 Å². The van der Waals surface area contributed by atoms with E-state index in [9.17, 15) is 13.2 Å². The fourth-order valence-corrected chi connectivity index (χ4v) is 2.30. The van der Waals surface area contributed by atoms with Gasteiger partial charge in [0.05, 0.1) is 24.6 Å². The molecule has 2 aromatic rings. The first-order valence-corrected chi connectivity index (χ1v) is 6.40. The van der Waals surface area contributed by atoms with Crippen LogP contribution in [-0.4, -0.2) is 33.3 Å². The van der Waals surface area contributed by atoms with E-state index < -0.39 is 16.2 Å². The number of carbonyl (C=O) groups excluding carboxylic acids is 1. The normalized spacial score (nSPS) is 11.7. The van der Waals surface area contributed by atoms with Crippen LogP contribution in [-0.2, 0) is 19.0 Å². The molecular weight excluding hydrogens is 258 g/mol. The fourth-order valence-electron chi connectivity index (χ4n) is 1.62. The van der Waals surface area contributed by atoms with Gasteiger partial charge >= 0.3 is 6.09 Å². The van der Waals surface area contributed by atoms with Crippen molar-refractivity contribution >= 4 is 27.1 Å². The van der Waals surface area contributed by atoms with Gasteiger partial charge in [-0.1, -0.05) is 6.07 Å². The topological polar surface area (TPSA) is 74.6 Å². The number of benzene rings is 1. The number of fused-ring (bicyclic) bond motifs is 1. The van der Waals surface area contributed by atoms with Crippen LogP contribution in [0.15, 0.2) is 35.4 Å². The first-order valence-electron chi connectivity index (χ1n) is 4.99. The Kier molecular flexibility index (Phi) is 3.10. The van der Waals surface area contributed by atoms with Crippen molar-refractivity contribution in [1.29, 1.82) is 0 Å². The maximum absolute atomic E-state index is 11.6. The van der Waals surface area contributed by atoms with Crippen molar-refractivity contribution in [3.05, 3.63) is 30.5 Å². The van der Waals surface area contributed by atoms with Crippen LogP contribution in [0.2, 0.25) is 0 Å². The Bertz CT molecular complexity index is 701. The Labute approximate surface area is 104 Å². The van der Waals surface area contributed by atoms with Crippen molar-refractivity contribution in [2.75, 3.05) is 14.2 Å². The van der Waals surface area contributed by atoms with E-state index in [1.54, 1.807) is 12.1 Å². The molecule has 0 N–H and O–H groups in total. The standard InChI is InChI=1S/C11H11NO5S/c1-16-11(13)12-6-5-8-3-4-9(7-10(8)12)18(14,15)17-2/h3-7H,1-2H3. The van der Waals surface area contributed by atoms with Crippen molar-refractivity contribution in [3.63, 3.8) is 0 Å². The van der Waals surface area contributed by atoms with Gasteiger partial charge in [-0.15, -0.1) is 0 Å². The SMILES string of the molecule is COC(=O)n1ccc2ccc(S(=O)(=O)OC)cc21. The van der Waals surface area contributed by atoms with Gasteiger partial charge in [-0.25, -0.2) is 4.79 Å². The fraction of sp³-hybridized carbons (Fsp3) is 0.182. The largest absolute Gasteiger partial charge is 0.452 e. The summed E-state index contributed by atoms with van der Waals surface area (Å²) >= 11 is 0.